The first-order valence-corrected chi connectivity index (χ1v) is 7.20. The maximum Gasteiger partial charge on any atom is 0.160 e. The number of nitrogens with zero attached hydrogens (tertiary/aromatic N) is 4. The van der Waals surface area contributed by atoms with Gasteiger partial charge in [0.05, 0.1) is 5.69 Å². The van der Waals surface area contributed by atoms with Crippen LogP contribution in [0.25, 0.3) is 17.1 Å². The quantitative estimate of drug-likeness (QED) is 0.728. The molecule has 0 aliphatic rings. The van der Waals surface area contributed by atoms with Crippen molar-refractivity contribution < 1.29 is 0 Å². The molecule has 3 aromatic rings. The fraction of sp³-hybridized carbons (Fsp3) is 0.235. The Labute approximate surface area is 124 Å². The van der Waals surface area contributed by atoms with Gasteiger partial charge in [0, 0.05) is 18.0 Å². The molecule has 0 amide bonds. The summed E-state index contributed by atoms with van der Waals surface area (Å²) in [5.41, 5.74) is 3.34. The van der Waals surface area contributed by atoms with Gasteiger partial charge in [-0.2, -0.15) is 0 Å². The molecule has 0 saturated heterocycles. The third-order valence-corrected chi connectivity index (χ3v) is 3.81. The Morgan fingerprint density at radius 1 is 1.05 bits per heavy atom. The first-order chi connectivity index (χ1) is 10.3. The lowest BCUT2D eigenvalue weighted by molar-refractivity contribution is 0.734. The smallest absolute Gasteiger partial charge is 0.160 e. The summed E-state index contributed by atoms with van der Waals surface area (Å²) in [5.74, 6) is 1.36. The predicted molar refractivity (Wildman–Crippen MR) is 83.3 cm³/mol. The van der Waals surface area contributed by atoms with Gasteiger partial charge in [-0.15, -0.1) is 10.2 Å². The molecule has 0 spiro atoms. The van der Waals surface area contributed by atoms with Crippen molar-refractivity contribution in [3.63, 3.8) is 0 Å². The lowest BCUT2D eigenvalue weighted by Gasteiger charge is -2.09. The largest absolute Gasteiger partial charge is 0.289 e. The van der Waals surface area contributed by atoms with Gasteiger partial charge in [-0.25, -0.2) is 4.98 Å². The van der Waals surface area contributed by atoms with Crippen molar-refractivity contribution in [2.75, 3.05) is 0 Å². The minimum absolute atomic E-state index is 0.591. The van der Waals surface area contributed by atoms with Crippen molar-refractivity contribution in [2.24, 2.45) is 0 Å². The molecule has 0 fully saturated rings. The van der Waals surface area contributed by atoms with Crippen LogP contribution in [-0.4, -0.2) is 19.7 Å². The van der Waals surface area contributed by atoms with E-state index in [0.717, 1.165) is 23.5 Å². The van der Waals surface area contributed by atoms with E-state index in [-0.39, 0.29) is 0 Å². The van der Waals surface area contributed by atoms with Crippen LogP contribution in [0.5, 0.6) is 0 Å². The maximum absolute atomic E-state index is 4.30. The Kier molecular flexibility index (Phi) is 3.77. The Bertz CT molecular complexity index is 685. The number of hydrogen-bond donors (Lipinski definition) is 0. The molecule has 21 heavy (non-hydrogen) atoms. The van der Waals surface area contributed by atoms with Gasteiger partial charge in [-0.3, -0.25) is 4.57 Å². The standard InChI is InChI=1S/C17H18N4/c1-3-13(2)14-4-6-15(7-5-14)16-8-9-17(20-19-16)21-11-10-18-12-21/h4-13H,3H2,1-2H3/t13-/m0/s1. The second-order valence-electron chi connectivity index (χ2n) is 5.18. The van der Waals surface area contributed by atoms with Crippen molar-refractivity contribution in [3.8, 4) is 17.1 Å². The molecule has 2 aromatic heterocycles. The fourth-order valence-corrected chi connectivity index (χ4v) is 2.23. The van der Waals surface area contributed by atoms with Gasteiger partial charge in [0.2, 0.25) is 0 Å². The van der Waals surface area contributed by atoms with Crippen LogP contribution in [-0.2, 0) is 0 Å². The van der Waals surface area contributed by atoms with Crippen LogP contribution in [0.1, 0.15) is 31.7 Å². The molecule has 106 valence electrons. The number of imidazole rings is 1. The van der Waals surface area contributed by atoms with Gasteiger partial charge in [-0.1, -0.05) is 38.1 Å². The predicted octanol–water partition coefficient (Wildman–Crippen LogP) is 3.84. The highest BCUT2D eigenvalue weighted by atomic mass is 15.2. The van der Waals surface area contributed by atoms with Crippen LogP contribution in [0.3, 0.4) is 0 Å². The van der Waals surface area contributed by atoms with Crippen molar-refractivity contribution in [1.82, 2.24) is 19.7 Å². The number of rotatable bonds is 4. The molecule has 0 saturated carbocycles. The van der Waals surface area contributed by atoms with Crippen LogP contribution in [0.4, 0.5) is 0 Å². The van der Waals surface area contributed by atoms with E-state index in [2.05, 4.69) is 53.3 Å². The van der Waals surface area contributed by atoms with E-state index in [9.17, 15) is 0 Å². The molecule has 0 aliphatic carbocycles. The molecule has 1 atom stereocenters. The van der Waals surface area contributed by atoms with Gasteiger partial charge < -0.3 is 0 Å². The molecule has 0 unspecified atom stereocenters. The van der Waals surface area contributed by atoms with Crippen LogP contribution in [0.2, 0.25) is 0 Å². The van der Waals surface area contributed by atoms with Crippen LogP contribution in [0.15, 0.2) is 55.1 Å². The second kappa shape index (κ2) is 5.87. The number of aromatic nitrogens is 4. The van der Waals surface area contributed by atoms with Crippen LogP contribution in [0, 0.1) is 0 Å². The number of benzene rings is 1. The zero-order valence-corrected chi connectivity index (χ0v) is 12.3. The topological polar surface area (TPSA) is 43.6 Å². The highest BCUT2D eigenvalue weighted by Gasteiger charge is 2.05. The number of hydrogen-bond acceptors (Lipinski definition) is 3. The first-order valence-electron chi connectivity index (χ1n) is 7.20. The summed E-state index contributed by atoms with van der Waals surface area (Å²) in [6, 6.07) is 12.5. The molecule has 4 heteroatoms. The molecule has 4 nitrogen and oxygen atoms in total. The molecule has 2 heterocycles. The second-order valence-corrected chi connectivity index (χ2v) is 5.18. The molecular weight excluding hydrogens is 260 g/mol. The SMILES string of the molecule is CC[C@H](C)c1ccc(-c2ccc(-n3ccnc3)nn2)cc1. The van der Waals surface area contributed by atoms with Gasteiger partial charge >= 0.3 is 0 Å². The van der Waals surface area contributed by atoms with Crippen molar-refractivity contribution >= 4 is 0 Å². The zero-order valence-electron chi connectivity index (χ0n) is 12.3. The summed E-state index contributed by atoms with van der Waals surface area (Å²) in [6.07, 6.45) is 6.44. The average Bonchev–Trinajstić information content (AvgIpc) is 3.09. The molecule has 0 N–H and O–H groups in total. The third-order valence-electron chi connectivity index (χ3n) is 3.81. The lowest BCUT2D eigenvalue weighted by atomic mass is 9.97. The molecule has 3 rings (SSSR count). The van der Waals surface area contributed by atoms with E-state index in [1.165, 1.54) is 5.56 Å². The molecule has 0 aliphatic heterocycles. The van der Waals surface area contributed by atoms with Crippen molar-refractivity contribution in [3.05, 3.63) is 60.7 Å². The van der Waals surface area contributed by atoms with E-state index in [1.54, 1.807) is 12.5 Å². The van der Waals surface area contributed by atoms with Gasteiger partial charge in [0.1, 0.15) is 6.33 Å². The highest BCUT2D eigenvalue weighted by molar-refractivity contribution is 5.59. The van der Waals surface area contributed by atoms with Gasteiger partial charge in [-0.05, 0) is 30.0 Å². The Morgan fingerprint density at radius 3 is 2.43 bits per heavy atom. The maximum atomic E-state index is 4.30. The normalized spacial score (nSPS) is 12.3. The van der Waals surface area contributed by atoms with Crippen LogP contribution >= 0.6 is 0 Å². The Morgan fingerprint density at radius 2 is 1.86 bits per heavy atom. The van der Waals surface area contributed by atoms with Gasteiger partial charge in [0.15, 0.2) is 5.82 Å². The summed E-state index contributed by atoms with van der Waals surface area (Å²) in [5, 5.41) is 8.55. The molecular formula is C17H18N4. The average molecular weight is 278 g/mol. The monoisotopic (exact) mass is 278 g/mol. The summed E-state index contributed by atoms with van der Waals surface area (Å²) >= 11 is 0. The Hall–Kier alpha value is -2.49. The van der Waals surface area contributed by atoms with E-state index < -0.39 is 0 Å². The third kappa shape index (κ3) is 2.84. The van der Waals surface area contributed by atoms with E-state index in [4.69, 9.17) is 0 Å². The zero-order chi connectivity index (χ0) is 14.7. The fourth-order valence-electron chi connectivity index (χ4n) is 2.23. The summed E-state index contributed by atoms with van der Waals surface area (Å²) in [7, 11) is 0. The van der Waals surface area contributed by atoms with E-state index in [0.29, 0.717) is 5.92 Å². The lowest BCUT2D eigenvalue weighted by Crippen LogP contribution is -1.97. The summed E-state index contributed by atoms with van der Waals surface area (Å²) in [4.78, 5) is 4.01. The van der Waals surface area contributed by atoms with Crippen molar-refractivity contribution in [1.29, 1.82) is 0 Å². The van der Waals surface area contributed by atoms with Crippen molar-refractivity contribution in [2.45, 2.75) is 26.2 Å². The molecule has 0 bridgehead atoms. The van der Waals surface area contributed by atoms with E-state index in [1.807, 2.05) is 22.9 Å². The summed E-state index contributed by atoms with van der Waals surface area (Å²) in [6.45, 7) is 4.45. The minimum Gasteiger partial charge on any atom is -0.289 e. The first kappa shape index (κ1) is 13.5. The van der Waals surface area contributed by atoms with E-state index >= 15 is 0 Å². The molecule has 0 radical (unpaired) electrons. The Balaban J connectivity index is 1.84. The summed E-state index contributed by atoms with van der Waals surface area (Å²) < 4.78 is 1.84. The van der Waals surface area contributed by atoms with Gasteiger partial charge in [0.25, 0.3) is 0 Å². The highest BCUT2D eigenvalue weighted by Crippen LogP contribution is 2.23. The molecule has 1 aromatic carbocycles. The minimum atomic E-state index is 0.591. The van der Waals surface area contributed by atoms with Crippen LogP contribution < -0.4 is 0 Å².